The van der Waals surface area contributed by atoms with Gasteiger partial charge in [-0.05, 0) is 167 Å². The average molecular weight is 1740 g/mol. The first-order valence-corrected chi connectivity index (χ1v) is 38.7. The fraction of sp³-hybridized carbons (Fsp3) is 0.0657. The lowest BCUT2D eigenvalue weighted by Gasteiger charge is -2.40. The molecule has 141 heavy (non-hydrogen) atoms. The largest absolute Gasteiger partial charge is 0.493 e. The number of aryl methyl sites for hydroxylation is 1. The molecule has 4 aromatic rings. The van der Waals surface area contributed by atoms with E-state index in [-0.39, 0.29) is 0 Å². The van der Waals surface area contributed by atoms with Crippen molar-refractivity contribution in [3.8, 4) is 651 Å². The first-order chi connectivity index (χ1) is 70.1. The molecule has 1 atom stereocenters. The molecule has 4 heteroatoms. The summed E-state index contributed by atoms with van der Waals surface area (Å²) in [4.78, 5) is 6.26. The fourth-order valence-electron chi connectivity index (χ4n) is 8.73. The Morgan fingerprint density at radius 1 is 0.284 bits per heavy atom. The third-order valence-electron chi connectivity index (χ3n) is 13.9. The van der Waals surface area contributed by atoms with Crippen LogP contribution in [0.3, 0.4) is 0 Å². The smallest absolute Gasteiger partial charge is 0.161 e. The number of terminal acetylenes is 1. The van der Waals surface area contributed by atoms with Crippen molar-refractivity contribution in [1.29, 1.82) is 0 Å². The van der Waals surface area contributed by atoms with Crippen LogP contribution in [0.25, 0.3) is 10.9 Å². The lowest BCUT2D eigenvalue weighted by atomic mass is 9.85. The van der Waals surface area contributed by atoms with Crippen LogP contribution in [0.1, 0.15) is 46.5 Å². The number of fused-ring (bicyclic) bond motifs is 6. The van der Waals surface area contributed by atoms with Crippen molar-refractivity contribution < 1.29 is 9.47 Å². The molecule has 2 aliphatic heterocycles. The number of aromatic amines is 1. The molecular weight excluding hydrogens is 1710 g/mol. The van der Waals surface area contributed by atoms with Gasteiger partial charge in [-0.25, -0.2) is 0 Å². The number of aromatic nitrogens is 1. The molecule has 4 nitrogen and oxygen atoms in total. The first kappa shape index (κ1) is 105. The van der Waals surface area contributed by atoms with Crippen LogP contribution >= 0.6 is 0 Å². The second-order valence-electron chi connectivity index (χ2n) is 22.5. The quantitative estimate of drug-likeness (QED) is 0.236. The second-order valence-corrected chi connectivity index (χ2v) is 22.5. The number of H-pyrrole nitrogens is 1. The highest BCUT2D eigenvalue weighted by Gasteiger charge is 2.35. The molecule has 602 valence electrons. The second kappa shape index (κ2) is 78.9. The zero-order valence-electron chi connectivity index (χ0n) is 73.7. The molecule has 2 aliphatic rings. The summed E-state index contributed by atoms with van der Waals surface area (Å²) in [6.07, 6.45) is 7.01. The molecule has 3 aromatic carbocycles. The van der Waals surface area contributed by atoms with E-state index in [1.165, 1.54) is 44.4 Å². The Morgan fingerprint density at radius 2 is 0.511 bits per heavy atom. The van der Waals surface area contributed by atoms with Gasteiger partial charge in [-0.15, -0.1) is 6.42 Å². The highest BCUT2D eigenvalue weighted by atomic mass is 16.5. The molecule has 0 spiro atoms. The molecule has 1 N–H and O–H groups in total. The number of nitrogens with zero attached hydrogens (tertiary/aromatic N) is 1. The zero-order valence-corrected chi connectivity index (χ0v) is 73.7. The van der Waals surface area contributed by atoms with Gasteiger partial charge in [0.1, 0.15) is 6.61 Å². The summed E-state index contributed by atoms with van der Waals surface area (Å²) < 4.78 is 12.0. The van der Waals surface area contributed by atoms with Crippen molar-refractivity contribution in [1.82, 2.24) is 9.88 Å². The van der Waals surface area contributed by atoms with Crippen LogP contribution in [0, 0.1) is 647 Å². The summed E-state index contributed by atoms with van der Waals surface area (Å²) in [6.45, 7) is 6.40. The summed E-state index contributed by atoms with van der Waals surface area (Å²) in [5, 5.41) is 1.36. The molecule has 0 radical (unpaired) electrons. The minimum absolute atomic E-state index is 0.379. The molecule has 0 bridgehead atoms. The molecule has 3 heterocycles. The molecule has 1 unspecified atom stereocenters. The summed E-state index contributed by atoms with van der Waals surface area (Å²) in [7, 11) is 1.74. The van der Waals surface area contributed by atoms with Crippen molar-refractivity contribution in [2.24, 2.45) is 0 Å². The maximum absolute atomic E-state index is 6.25. The van der Waals surface area contributed by atoms with E-state index in [0.29, 0.717) is 12.6 Å². The van der Waals surface area contributed by atoms with Crippen LogP contribution in [0.15, 0.2) is 60.7 Å². The van der Waals surface area contributed by atoms with Crippen molar-refractivity contribution in [2.75, 3.05) is 13.7 Å². The van der Waals surface area contributed by atoms with E-state index in [1.54, 1.807) is 14.0 Å². The van der Waals surface area contributed by atoms with Gasteiger partial charge in [0.25, 0.3) is 0 Å². The Bertz CT molecular complexity index is 9820. The van der Waals surface area contributed by atoms with Crippen LogP contribution in [0.2, 0.25) is 0 Å². The SMILES string of the molecule is C#CC#CC#CC#CC#CC#CC#CC#CC#CC#CC#CC#CC#CC#CC#CC#CC#CC#CC#CC#CC#CC#CC#CC#CC#CC#CC#CC#CC#CC#CC#CC#CC#CC#CC#CC#CC#CC#CC#CC#CC#CC#CC#CC#CC#CC#CC#CC#CC#CC#CC#CC#CC#CC#CC.COc1cc2c(cc1OCc1ccccc1C)CCN1Cc3[nH]c4ccccc4c3CC21. The number of para-hydroxylation sites is 1. The minimum Gasteiger partial charge on any atom is -0.493 e. The van der Waals surface area contributed by atoms with Crippen LogP contribution in [-0.2, 0) is 26.0 Å². The number of nitrogens with one attached hydrogen (secondary N) is 1. The van der Waals surface area contributed by atoms with Gasteiger partial charge < -0.3 is 14.5 Å². The summed E-state index contributed by atoms with van der Waals surface area (Å²) in [5.74, 6) is 269. The van der Waals surface area contributed by atoms with Gasteiger partial charge in [0, 0.05) is 569 Å². The van der Waals surface area contributed by atoms with Gasteiger partial charge in [-0.3, -0.25) is 4.90 Å². The van der Waals surface area contributed by atoms with Crippen LogP contribution < -0.4 is 9.47 Å². The van der Waals surface area contributed by atoms with Gasteiger partial charge in [-0.1, -0.05) is 48.4 Å². The van der Waals surface area contributed by atoms with E-state index >= 15 is 0 Å². The summed E-state index contributed by atoms with van der Waals surface area (Å²) in [5.41, 5.74) is 9.30. The highest BCUT2D eigenvalue weighted by molar-refractivity contribution is 5.85. The summed E-state index contributed by atoms with van der Waals surface area (Å²) >= 11 is 0. The minimum atomic E-state index is 0.379. The zero-order chi connectivity index (χ0) is 99.3. The summed E-state index contributed by atoms with van der Waals surface area (Å²) in [6, 6.07) is 21.9. The standard InChI is InChI=1S/C109H4.C28H28N2O2/c1-3-5-7-9-11-13-15-17-19-21-23-25-27-29-31-33-35-37-39-41-43-45-47-49-51-53-55-57-59-61-63-65-67-69-71-73-75-77-79-81-83-85-87-89-91-93-95-97-99-101-103-105-107-109-108-106-104-102-100-98-96-94-92-90-88-86-84-82-80-78-76-74-72-70-68-66-64-62-60-58-56-54-52-50-48-46-44-42-40-38-36-34-32-30-28-26-24-22-20-18-16-14-12-10-8-6-4-2;1-18-7-3-4-8-20(18)17-32-28-13-19-11-12-30-16-25-23(21-9-5-6-10-24(21)29-25)14-26(30)22(19)15-27(28)31-2/h1H,2H3;3-10,13,15,26,29H,11-12,14,16-17H2,1-2H3. The monoisotopic (exact) mass is 1740 g/mol. The molecule has 1 aromatic heterocycles. The van der Waals surface area contributed by atoms with Crippen LogP contribution in [-0.4, -0.2) is 23.5 Å². The van der Waals surface area contributed by atoms with Gasteiger partial charge in [0.2, 0.25) is 0 Å². The van der Waals surface area contributed by atoms with Crippen molar-refractivity contribution in [2.45, 2.75) is 45.9 Å². The predicted molar refractivity (Wildman–Crippen MR) is 554 cm³/mol. The molecular formula is C137H32N2O2. The van der Waals surface area contributed by atoms with E-state index in [1.807, 2.05) is 0 Å². The van der Waals surface area contributed by atoms with Gasteiger partial charge in [-0.2, -0.15) is 0 Å². The van der Waals surface area contributed by atoms with Crippen molar-refractivity contribution >= 4 is 10.9 Å². The number of hydrogen-bond donors (Lipinski definition) is 1. The van der Waals surface area contributed by atoms with E-state index in [2.05, 4.69) is 711 Å². The van der Waals surface area contributed by atoms with E-state index < -0.39 is 0 Å². The number of hydrogen-bond acceptors (Lipinski definition) is 3. The predicted octanol–water partition coefficient (Wildman–Crippen LogP) is 6.54. The molecule has 0 saturated carbocycles. The Morgan fingerprint density at radius 3 is 0.745 bits per heavy atom. The van der Waals surface area contributed by atoms with Crippen molar-refractivity contribution in [3.63, 3.8) is 0 Å². The van der Waals surface area contributed by atoms with E-state index in [9.17, 15) is 0 Å². The number of ether oxygens (including phenoxy) is 2. The third-order valence-corrected chi connectivity index (χ3v) is 13.9. The Hall–Kier alpha value is -27.0. The van der Waals surface area contributed by atoms with Crippen molar-refractivity contribution in [3.05, 3.63) is 94.2 Å². The topological polar surface area (TPSA) is 37.5 Å². The van der Waals surface area contributed by atoms with E-state index in [4.69, 9.17) is 15.9 Å². The lowest BCUT2D eigenvalue weighted by molar-refractivity contribution is 0.158. The van der Waals surface area contributed by atoms with Gasteiger partial charge in [0.15, 0.2) is 11.5 Å². The molecule has 6 rings (SSSR count). The maximum atomic E-state index is 6.25. The Kier molecular flexibility index (Phi) is 58.5. The normalized spacial score (nSPS) is 7.04. The maximum Gasteiger partial charge on any atom is 0.161 e. The van der Waals surface area contributed by atoms with Gasteiger partial charge >= 0.3 is 0 Å². The lowest BCUT2D eigenvalue weighted by Crippen LogP contribution is -2.39. The fourth-order valence-corrected chi connectivity index (χ4v) is 8.73. The molecule has 0 fully saturated rings. The van der Waals surface area contributed by atoms with Crippen LogP contribution in [0.5, 0.6) is 11.5 Å². The Labute approximate surface area is 829 Å². The highest BCUT2D eigenvalue weighted by Crippen LogP contribution is 2.44. The molecule has 0 aliphatic carbocycles. The van der Waals surface area contributed by atoms with Crippen LogP contribution in [0.4, 0.5) is 0 Å². The Balaban J connectivity index is 0.000000898. The van der Waals surface area contributed by atoms with E-state index in [0.717, 1.165) is 37.4 Å². The number of benzene rings is 3. The average Bonchev–Trinajstić information content (AvgIpc) is 1.64. The number of methoxy groups -OCH3 is 1. The third kappa shape index (κ3) is 56.5. The first-order valence-electron chi connectivity index (χ1n) is 38.7. The molecule has 0 saturated heterocycles. The van der Waals surface area contributed by atoms with Gasteiger partial charge in [0.05, 0.1) is 7.11 Å². The number of rotatable bonds is 4. The molecule has 0 amide bonds.